The second kappa shape index (κ2) is 20.8. The molecule has 0 saturated heterocycles. The Morgan fingerprint density at radius 2 is 1.22 bits per heavy atom. The van der Waals surface area contributed by atoms with Crippen LogP contribution in [-0.4, -0.2) is 107 Å². The molecule has 3 aromatic carbocycles. The van der Waals surface area contributed by atoms with E-state index in [1.54, 1.807) is 13.8 Å². The number of aromatic hydroxyl groups is 1. The molecule has 0 saturated carbocycles. The zero-order valence-corrected chi connectivity index (χ0v) is 41.2. The molecule has 2 heterocycles. The van der Waals surface area contributed by atoms with Crippen molar-refractivity contribution in [1.82, 2.24) is 9.38 Å². The van der Waals surface area contributed by atoms with Crippen molar-refractivity contribution in [1.29, 1.82) is 5.26 Å². The fourth-order valence-electron chi connectivity index (χ4n) is 6.67. The minimum absolute atomic E-state index is 0.00354. The van der Waals surface area contributed by atoms with Crippen LogP contribution in [0.2, 0.25) is 0 Å². The van der Waals surface area contributed by atoms with Gasteiger partial charge in [0.1, 0.15) is 44.9 Å². The number of hydrogen-bond donors (Lipinski definition) is 6. The Hall–Kier alpha value is -7.37. The number of rotatable bonds is 19. The van der Waals surface area contributed by atoms with Crippen LogP contribution >= 0.6 is 0 Å². The molecule has 0 aliphatic heterocycles. The van der Waals surface area contributed by atoms with Gasteiger partial charge in [-0.05, 0) is 94.1 Å². The Labute approximate surface area is 410 Å². The van der Waals surface area contributed by atoms with Crippen LogP contribution in [0.15, 0.2) is 90.2 Å². The zero-order valence-electron chi connectivity index (χ0n) is 37.9. The summed E-state index contributed by atoms with van der Waals surface area (Å²) in [6.07, 6.45) is 4.59. The van der Waals surface area contributed by atoms with Crippen LogP contribution in [0, 0.1) is 32.1 Å². The maximum Gasteiger partial charge on any atom is 0.338 e. The summed E-state index contributed by atoms with van der Waals surface area (Å²) in [6.45, 7) is 5.28. The molecule has 0 radical (unpaired) electrons. The highest BCUT2D eigenvalue weighted by atomic mass is 32.2. The predicted molar refractivity (Wildman–Crippen MR) is 255 cm³/mol. The number of nitriles is 1. The van der Waals surface area contributed by atoms with Crippen LogP contribution < -0.4 is 9.47 Å². The quantitative estimate of drug-likeness (QED) is 0.0259. The third-order valence-electron chi connectivity index (χ3n) is 10.6. The van der Waals surface area contributed by atoms with Gasteiger partial charge in [0.05, 0.1) is 57.9 Å². The number of carboxylic acid groups (broad SMARTS) is 1. The monoisotopic (exact) mass is 1070 g/mol. The zero-order chi connectivity index (χ0) is 53.1. The van der Waals surface area contributed by atoms with Gasteiger partial charge in [-0.15, -0.1) is 20.5 Å². The van der Waals surface area contributed by atoms with E-state index < -0.39 is 79.0 Å². The van der Waals surface area contributed by atoms with Gasteiger partial charge in [-0.1, -0.05) is 12.2 Å². The van der Waals surface area contributed by atoms with Gasteiger partial charge in [0, 0.05) is 17.7 Å². The van der Waals surface area contributed by atoms with Crippen LogP contribution in [0.5, 0.6) is 17.4 Å². The van der Waals surface area contributed by atoms with Crippen molar-refractivity contribution in [2.75, 3.05) is 24.7 Å². The van der Waals surface area contributed by atoms with Gasteiger partial charge in [-0.25, -0.2) is 9.78 Å². The minimum atomic E-state index is -4.76. The number of ether oxygens (including phenoxy) is 2. The molecule has 1 atom stereocenters. The third-order valence-corrected chi connectivity index (χ3v) is 14.4. The van der Waals surface area contributed by atoms with Crippen LogP contribution in [0.3, 0.4) is 0 Å². The van der Waals surface area contributed by atoms with Crippen molar-refractivity contribution >= 4 is 98.4 Å². The summed E-state index contributed by atoms with van der Waals surface area (Å²) >= 11 is 0. The van der Waals surface area contributed by atoms with Gasteiger partial charge in [0.15, 0.2) is 11.3 Å². The maximum atomic E-state index is 12.2. The van der Waals surface area contributed by atoms with Crippen molar-refractivity contribution in [2.45, 2.75) is 50.2 Å². The average molecular weight is 1070 g/mol. The highest BCUT2D eigenvalue weighted by molar-refractivity contribution is 7.87. The molecule has 380 valence electrons. The first-order valence-corrected chi connectivity index (χ1v) is 26.7. The van der Waals surface area contributed by atoms with Crippen LogP contribution in [0.4, 0.5) is 34.1 Å². The number of azo groups is 3. The smallest absolute Gasteiger partial charge is 0.338 e. The van der Waals surface area contributed by atoms with E-state index in [-0.39, 0.29) is 99.8 Å². The van der Waals surface area contributed by atoms with Gasteiger partial charge in [0.2, 0.25) is 5.88 Å². The van der Waals surface area contributed by atoms with Crippen LogP contribution in [0.1, 0.15) is 63.8 Å². The van der Waals surface area contributed by atoms with Crippen molar-refractivity contribution in [3.05, 3.63) is 93.8 Å². The first kappa shape index (κ1) is 54.0. The maximum absolute atomic E-state index is 12.2. The largest absolute Gasteiger partial charge is 0.493 e. The number of aryl methyl sites for hydroxylation is 2. The fourth-order valence-corrected chi connectivity index (χ4v) is 8.62. The van der Waals surface area contributed by atoms with E-state index in [2.05, 4.69) is 35.7 Å². The normalized spacial score (nSPS) is 15.4. The summed E-state index contributed by atoms with van der Waals surface area (Å²) < 4.78 is 142. The lowest BCUT2D eigenvalue weighted by atomic mass is 10.1. The molecular weight excluding hydrogens is 1030 g/mol. The molecule has 1 aliphatic rings. The van der Waals surface area contributed by atoms with Gasteiger partial charge in [0.25, 0.3) is 40.5 Å². The SMILES string of the molecule is Cc1cc(N=Nc2c(C)c(C#N)c3nc4c(n3c2O)C=CC(C)(S(=O)(=O)O)C=C4)c(OCCCS(=O)(=O)O)cc1N=Nc1cc(C)c(N=Nc2ccc(S(=O)(=O)O)cc2C(=O)O)cc1OCCCS(=O)(=O)O. The Balaban J connectivity index is 1.41. The number of benzene rings is 3. The lowest BCUT2D eigenvalue weighted by Gasteiger charge is -2.16. The van der Waals surface area contributed by atoms with Crippen molar-refractivity contribution in [3.63, 3.8) is 0 Å². The fraction of sp³-hybridized carbons (Fsp3) is 0.262. The highest BCUT2D eigenvalue weighted by Gasteiger charge is 2.35. The first-order chi connectivity index (χ1) is 33.5. The second-order valence-corrected chi connectivity index (χ2v) is 22.3. The number of carboxylic acids is 1. The lowest BCUT2D eigenvalue weighted by molar-refractivity contribution is 0.0697. The molecule has 1 unspecified atom stereocenters. The number of nitrogens with zero attached hydrogens (tertiary/aromatic N) is 9. The Kier molecular flexibility index (Phi) is 15.6. The van der Waals surface area contributed by atoms with E-state index in [0.29, 0.717) is 17.2 Å². The third kappa shape index (κ3) is 12.6. The number of aromatic carboxylic acids is 1. The summed E-state index contributed by atoms with van der Waals surface area (Å²) in [6, 6.07) is 10.2. The molecule has 6 rings (SSSR count). The molecular formula is C42H41N9O17S4. The van der Waals surface area contributed by atoms with Gasteiger partial charge in [-0.2, -0.15) is 49.2 Å². The highest BCUT2D eigenvalue weighted by Crippen LogP contribution is 2.43. The number of imidazole rings is 1. The van der Waals surface area contributed by atoms with E-state index in [4.69, 9.17) is 9.47 Å². The summed E-state index contributed by atoms with van der Waals surface area (Å²) in [7, 11) is -18.2. The van der Waals surface area contributed by atoms with Gasteiger partial charge < -0.3 is 19.7 Å². The molecule has 26 nitrogen and oxygen atoms in total. The average Bonchev–Trinajstić information content (AvgIpc) is 3.55. The molecule has 0 amide bonds. The van der Waals surface area contributed by atoms with Gasteiger partial charge >= 0.3 is 5.97 Å². The number of carbonyl (C=O) groups is 1. The van der Waals surface area contributed by atoms with E-state index in [1.165, 1.54) is 62.4 Å². The van der Waals surface area contributed by atoms with Crippen molar-refractivity contribution in [2.24, 2.45) is 30.7 Å². The topological polar surface area (TPSA) is 409 Å². The first-order valence-electron chi connectivity index (χ1n) is 20.6. The standard InChI is InChI=1S/C42H41N9O17S4/c1-23-17-33(36(67-13-5-15-69(55,56)57)20-31(23)46-45-29-8-7-26(71(61,62)63)19-27(29)41(53)54)48-47-32-21-37(68-14-6-16-70(58,59)60)34(18-24(32)2)49-50-38-25(3)28(22-43)39-44-30-9-11-42(4,72(64,65)66)12-10-35(30)51(39)40(38)52/h7-12,17-21,52H,5-6,13-16H2,1-4H3,(H,53,54)(H,55,56,57)(H,58,59,60)(H,61,62,63)(H,64,65,66). The van der Waals surface area contributed by atoms with E-state index in [0.717, 1.165) is 16.5 Å². The molecule has 30 heteroatoms. The Morgan fingerprint density at radius 3 is 1.71 bits per heavy atom. The second-order valence-electron chi connectivity index (χ2n) is 15.9. The molecule has 6 N–H and O–H groups in total. The Morgan fingerprint density at radius 1 is 0.722 bits per heavy atom. The van der Waals surface area contributed by atoms with Crippen molar-refractivity contribution in [3.8, 4) is 23.4 Å². The summed E-state index contributed by atoms with van der Waals surface area (Å²) in [5.41, 5.74) is 0.184. The summed E-state index contributed by atoms with van der Waals surface area (Å²) in [5, 5.41) is 56.8. The molecule has 1 aliphatic carbocycles. The number of aromatic nitrogens is 2. The molecule has 2 aromatic heterocycles. The number of fused-ring (bicyclic) bond motifs is 3. The minimum Gasteiger partial charge on any atom is -0.493 e. The van der Waals surface area contributed by atoms with Gasteiger partial charge in [-0.3, -0.25) is 22.6 Å². The molecule has 0 spiro atoms. The van der Waals surface area contributed by atoms with E-state index >= 15 is 0 Å². The molecule has 5 aromatic rings. The lowest BCUT2D eigenvalue weighted by Crippen LogP contribution is -2.29. The predicted octanol–water partition coefficient (Wildman–Crippen LogP) is 8.03. The Bertz CT molecular complexity index is 3720. The molecule has 0 bridgehead atoms. The molecule has 72 heavy (non-hydrogen) atoms. The van der Waals surface area contributed by atoms with E-state index in [9.17, 15) is 72.2 Å². The summed E-state index contributed by atoms with van der Waals surface area (Å²) in [5.74, 6) is -3.61. The molecule has 0 fully saturated rings. The van der Waals surface area contributed by atoms with E-state index in [1.807, 2.05) is 6.07 Å². The number of pyridine rings is 1. The van der Waals surface area contributed by atoms with Crippen molar-refractivity contribution < 1.29 is 76.4 Å². The van der Waals surface area contributed by atoms with Crippen LogP contribution in [-0.2, 0) is 40.5 Å². The summed E-state index contributed by atoms with van der Waals surface area (Å²) in [4.78, 5) is 15.7. The number of hydrogen-bond acceptors (Lipinski definition) is 20. The van der Waals surface area contributed by atoms with Crippen LogP contribution in [0.25, 0.3) is 17.8 Å².